The van der Waals surface area contributed by atoms with Crippen LogP contribution in [-0.2, 0) is 18.4 Å². The Hall–Kier alpha value is -1.87. The van der Waals surface area contributed by atoms with E-state index >= 15 is 0 Å². The highest BCUT2D eigenvalue weighted by atomic mass is 19.1. The first-order chi connectivity index (χ1) is 9.12. The lowest BCUT2D eigenvalue weighted by Crippen LogP contribution is -2.37. The Morgan fingerprint density at radius 2 is 1.74 bits per heavy atom. The molecule has 98 valence electrons. The molecule has 0 amide bonds. The molecule has 2 nitrogen and oxygen atoms in total. The molecule has 2 aromatic rings. The van der Waals surface area contributed by atoms with E-state index in [1.54, 1.807) is 6.07 Å². The molecule has 0 aliphatic heterocycles. The van der Waals surface area contributed by atoms with Crippen molar-refractivity contribution in [2.45, 2.75) is 18.4 Å². The van der Waals surface area contributed by atoms with Crippen LogP contribution >= 0.6 is 0 Å². The molecule has 0 radical (unpaired) electrons. The van der Waals surface area contributed by atoms with Crippen LogP contribution in [0.5, 0.6) is 5.75 Å². The van der Waals surface area contributed by atoms with Crippen molar-refractivity contribution in [3.8, 4) is 5.75 Å². The Kier molecular flexibility index (Phi) is 2.79. The van der Waals surface area contributed by atoms with Gasteiger partial charge in [0.1, 0.15) is 0 Å². The maximum atomic E-state index is 13.8. The van der Waals surface area contributed by atoms with Crippen LogP contribution in [0.1, 0.15) is 16.7 Å². The lowest BCUT2D eigenvalue weighted by atomic mass is 9.88. The SMILES string of the molecule is COc1ccc(C2(N)Cc3ccccc3C2)cc1F. The van der Waals surface area contributed by atoms with Crippen molar-refractivity contribution in [2.75, 3.05) is 7.11 Å². The van der Waals surface area contributed by atoms with Crippen molar-refractivity contribution in [3.05, 3.63) is 65.0 Å². The molecule has 0 saturated heterocycles. The topological polar surface area (TPSA) is 35.2 Å². The second-order valence-corrected chi connectivity index (χ2v) is 5.13. The first kappa shape index (κ1) is 12.2. The summed E-state index contributed by atoms with van der Waals surface area (Å²) in [6.07, 6.45) is 1.49. The van der Waals surface area contributed by atoms with Crippen molar-refractivity contribution in [1.29, 1.82) is 0 Å². The van der Waals surface area contributed by atoms with Crippen molar-refractivity contribution < 1.29 is 9.13 Å². The van der Waals surface area contributed by atoms with Gasteiger partial charge in [-0.1, -0.05) is 30.3 Å². The van der Waals surface area contributed by atoms with Crippen molar-refractivity contribution >= 4 is 0 Å². The summed E-state index contributed by atoms with van der Waals surface area (Å²) in [5.41, 5.74) is 9.29. The maximum absolute atomic E-state index is 13.8. The maximum Gasteiger partial charge on any atom is 0.165 e. The number of halogens is 1. The van der Waals surface area contributed by atoms with Crippen LogP contribution in [0.15, 0.2) is 42.5 Å². The van der Waals surface area contributed by atoms with Crippen molar-refractivity contribution in [1.82, 2.24) is 0 Å². The lowest BCUT2D eigenvalue weighted by Gasteiger charge is -2.24. The normalized spacial score (nSPS) is 16.2. The summed E-state index contributed by atoms with van der Waals surface area (Å²) < 4.78 is 18.8. The average Bonchev–Trinajstić information content (AvgIpc) is 2.76. The van der Waals surface area contributed by atoms with Gasteiger partial charge >= 0.3 is 0 Å². The van der Waals surface area contributed by atoms with Gasteiger partial charge in [-0.05, 0) is 41.7 Å². The largest absolute Gasteiger partial charge is 0.494 e. The van der Waals surface area contributed by atoms with Crippen LogP contribution in [0, 0.1) is 5.82 Å². The minimum atomic E-state index is -0.517. The molecule has 19 heavy (non-hydrogen) atoms. The Morgan fingerprint density at radius 1 is 1.11 bits per heavy atom. The highest BCUT2D eigenvalue weighted by molar-refractivity contribution is 5.42. The van der Waals surface area contributed by atoms with Crippen molar-refractivity contribution in [2.24, 2.45) is 5.73 Å². The van der Waals surface area contributed by atoms with Gasteiger partial charge in [-0.25, -0.2) is 4.39 Å². The first-order valence-electron chi connectivity index (χ1n) is 6.32. The molecule has 1 aliphatic carbocycles. The van der Waals surface area contributed by atoms with E-state index in [1.165, 1.54) is 24.3 Å². The van der Waals surface area contributed by atoms with E-state index in [2.05, 4.69) is 12.1 Å². The molecule has 0 atom stereocenters. The van der Waals surface area contributed by atoms with E-state index in [0.29, 0.717) is 0 Å². The summed E-state index contributed by atoms with van der Waals surface area (Å²) in [4.78, 5) is 0. The van der Waals surface area contributed by atoms with Gasteiger partial charge in [0.25, 0.3) is 0 Å². The number of fused-ring (bicyclic) bond motifs is 1. The molecule has 0 bridgehead atoms. The highest BCUT2D eigenvalue weighted by Gasteiger charge is 2.35. The number of hydrogen-bond donors (Lipinski definition) is 1. The summed E-state index contributed by atoms with van der Waals surface area (Å²) in [7, 11) is 1.46. The molecule has 1 aliphatic rings. The van der Waals surface area contributed by atoms with Crippen LogP contribution in [0.2, 0.25) is 0 Å². The molecule has 0 spiro atoms. The number of rotatable bonds is 2. The quantitative estimate of drug-likeness (QED) is 0.898. The minimum absolute atomic E-state index is 0.253. The molecule has 0 heterocycles. The Labute approximate surface area is 112 Å². The monoisotopic (exact) mass is 257 g/mol. The number of benzene rings is 2. The predicted octanol–water partition coefficient (Wildman–Crippen LogP) is 2.79. The fraction of sp³-hybridized carbons (Fsp3) is 0.250. The van der Waals surface area contributed by atoms with E-state index < -0.39 is 5.54 Å². The van der Waals surface area contributed by atoms with Crippen molar-refractivity contribution in [3.63, 3.8) is 0 Å². The average molecular weight is 257 g/mol. The second kappa shape index (κ2) is 4.35. The Bertz CT molecular complexity index is 599. The Morgan fingerprint density at radius 3 is 2.26 bits per heavy atom. The van der Waals surface area contributed by atoms with Gasteiger partial charge in [0.05, 0.1) is 7.11 Å². The smallest absolute Gasteiger partial charge is 0.165 e. The first-order valence-corrected chi connectivity index (χ1v) is 6.32. The molecular formula is C16H16FNO. The van der Waals surface area contributed by atoms with Gasteiger partial charge in [-0.2, -0.15) is 0 Å². The third-order valence-electron chi connectivity index (χ3n) is 3.86. The minimum Gasteiger partial charge on any atom is -0.494 e. The van der Waals surface area contributed by atoms with Gasteiger partial charge in [-0.15, -0.1) is 0 Å². The van der Waals surface area contributed by atoms with Gasteiger partial charge in [-0.3, -0.25) is 0 Å². The number of methoxy groups -OCH3 is 1. The summed E-state index contributed by atoms with van der Waals surface area (Å²) in [5, 5.41) is 0. The molecule has 0 unspecified atom stereocenters. The molecule has 3 heteroatoms. The van der Waals surface area contributed by atoms with Crippen LogP contribution in [-0.4, -0.2) is 7.11 Å². The zero-order chi connectivity index (χ0) is 13.5. The van der Waals surface area contributed by atoms with E-state index in [4.69, 9.17) is 10.5 Å². The molecule has 3 rings (SSSR count). The second-order valence-electron chi connectivity index (χ2n) is 5.13. The van der Waals surface area contributed by atoms with Crippen LogP contribution < -0.4 is 10.5 Å². The summed E-state index contributed by atoms with van der Waals surface area (Å²) in [6, 6.07) is 13.2. The van der Waals surface area contributed by atoms with Gasteiger partial charge in [0.15, 0.2) is 11.6 Å². The van der Waals surface area contributed by atoms with Crippen LogP contribution in [0.3, 0.4) is 0 Å². The lowest BCUT2D eigenvalue weighted by molar-refractivity contribution is 0.383. The Balaban J connectivity index is 1.98. The fourth-order valence-electron chi connectivity index (χ4n) is 2.82. The van der Waals surface area contributed by atoms with Gasteiger partial charge in [0, 0.05) is 5.54 Å². The van der Waals surface area contributed by atoms with E-state index in [-0.39, 0.29) is 11.6 Å². The molecule has 0 saturated carbocycles. The van der Waals surface area contributed by atoms with Crippen LogP contribution in [0.25, 0.3) is 0 Å². The highest BCUT2D eigenvalue weighted by Crippen LogP contribution is 2.36. The van der Waals surface area contributed by atoms with E-state index in [9.17, 15) is 4.39 Å². The zero-order valence-electron chi connectivity index (χ0n) is 10.8. The summed E-state index contributed by atoms with van der Waals surface area (Å²) >= 11 is 0. The van der Waals surface area contributed by atoms with Crippen LogP contribution in [0.4, 0.5) is 4.39 Å². The standard InChI is InChI=1S/C16H16FNO/c1-19-15-7-6-13(8-14(15)17)16(18)9-11-4-2-3-5-12(11)10-16/h2-8H,9-10,18H2,1H3. The summed E-state index contributed by atoms with van der Waals surface area (Å²) in [5.74, 6) is -0.108. The van der Waals surface area contributed by atoms with Gasteiger partial charge in [0.2, 0.25) is 0 Å². The third kappa shape index (κ3) is 2.00. The number of nitrogens with two attached hydrogens (primary N) is 1. The summed E-state index contributed by atoms with van der Waals surface area (Å²) in [6.45, 7) is 0. The molecule has 0 aromatic heterocycles. The number of hydrogen-bond acceptors (Lipinski definition) is 2. The zero-order valence-corrected chi connectivity index (χ0v) is 10.8. The molecule has 0 fully saturated rings. The fourth-order valence-corrected chi connectivity index (χ4v) is 2.82. The van der Waals surface area contributed by atoms with Gasteiger partial charge < -0.3 is 10.5 Å². The van der Waals surface area contributed by atoms with E-state index in [1.807, 2.05) is 18.2 Å². The molecular weight excluding hydrogens is 241 g/mol. The predicted molar refractivity (Wildman–Crippen MR) is 72.7 cm³/mol. The molecule has 2 N–H and O–H groups in total. The molecule has 2 aromatic carbocycles. The van der Waals surface area contributed by atoms with E-state index in [0.717, 1.165) is 18.4 Å². The third-order valence-corrected chi connectivity index (χ3v) is 3.86. The number of ether oxygens (including phenoxy) is 1.